The Balaban J connectivity index is 1.44. The van der Waals surface area contributed by atoms with Gasteiger partial charge in [0.25, 0.3) is 5.91 Å². The van der Waals surface area contributed by atoms with Gasteiger partial charge >= 0.3 is 5.97 Å². The van der Waals surface area contributed by atoms with Crippen molar-refractivity contribution in [2.24, 2.45) is 5.92 Å². The average Bonchev–Trinajstić information content (AvgIpc) is 3.08. The Bertz CT molecular complexity index is 805. The number of hydrogen-bond acceptors (Lipinski definition) is 5. The molecule has 0 aromatic carbocycles. The van der Waals surface area contributed by atoms with E-state index in [1.54, 1.807) is 20.8 Å². The van der Waals surface area contributed by atoms with Crippen molar-refractivity contribution in [1.29, 1.82) is 0 Å². The highest BCUT2D eigenvalue weighted by Gasteiger charge is 2.29. The highest BCUT2D eigenvalue weighted by molar-refractivity contribution is 6.00. The van der Waals surface area contributed by atoms with E-state index in [0.717, 1.165) is 32.5 Å². The van der Waals surface area contributed by atoms with Crippen LogP contribution in [0.3, 0.4) is 0 Å². The monoisotopic (exact) mass is 446 g/mol. The molecule has 3 rings (SSSR count). The lowest BCUT2D eigenvalue weighted by molar-refractivity contribution is -0.122. The number of ether oxygens (including phenoxy) is 1. The molecule has 2 amide bonds. The average molecular weight is 447 g/mol. The summed E-state index contributed by atoms with van der Waals surface area (Å²) >= 11 is 0. The highest BCUT2D eigenvalue weighted by Crippen LogP contribution is 2.25. The number of esters is 1. The molecule has 0 saturated carbocycles. The van der Waals surface area contributed by atoms with Crippen LogP contribution in [-0.2, 0) is 9.53 Å². The van der Waals surface area contributed by atoms with Gasteiger partial charge in [0, 0.05) is 38.3 Å². The summed E-state index contributed by atoms with van der Waals surface area (Å²) in [6, 6.07) is 0. The molecule has 1 aromatic heterocycles. The third kappa shape index (κ3) is 6.12. The maximum atomic E-state index is 13.0. The van der Waals surface area contributed by atoms with Crippen molar-refractivity contribution in [2.75, 3.05) is 45.9 Å². The van der Waals surface area contributed by atoms with Gasteiger partial charge in [-0.1, -0.05) is 6.42 Å². The third-order valence-electron chi connectivity index (χ3n) is 6.71. The summed E-state index contributed by atoms with van der Waals surface area (Å²) in [6.07, 6.45) is 5.99. The summed E-state index contributed by atoms with van der Waals surface area (Å²) in [5.74, 6) is -0.0781. The maximum Gasteiger partial charge on any atom is 0.340 e. The zero-order chi connectivity index (χ0) is 23.1. The highest BCUT2D eigenvalue weighted by atomic mass is 16.5. The molecule has 8 heteroatoms. The van der Waals surface area contributed by atoms with Crippen molar-refractivity contribution in [2.45, 2.75) is 59.3 Å². The lowest BCUT2D eigenvalue weighted by Crippen LogP contribution is -2.41. The molecule has 0 aliphatic carbocycles. The molecule has 3 heterocycles. The molecular formula is C24H38N4O4. The largest absolute Gasteiger partial charge is 0.462 e. The number of carbonyl (C=O) groups is 3. The molecule has 0 atom stereocenters. The molecule has 178 valence electrons. The van der Waals surface area contributed by atoms with Crippen molar-refractivity contribution in [3.05, 3.63) is 22.5 Å². The predicted octanol–water partition coefficient (Wildman–Crippen LogP) is 2.65. The minimum Gasteiger partial charge on any atom is -0.462 e. The molecule has 32 heavy (non-hydrogen) atoms. The number of aryl methyl sites for hydroxylation is 1. The standard InChI is InChI=1S/C24H38N4O4/c1-4-32-24(31)21-17(2)22(26-18(21)3)23(30)28-13-8-19(9-14-28)16-20(29)25-10-15-27-11-6-5-7-12-27/h19,26H,4-16H2,1-3H3,(H,25,29). The summed E-state index contributed by atoms with van der Waals surface area (Å²) in [6.45, 7) is 10.8. The molecule has 2 aliphatic heterocycles. The van der Waals surface area contributed by atoms with Gasteiger partial charge < -0.3 is 24.8 Å². The molecule has 0 radical (unpaired) electrons. The SMILES string of the molecule is CCOC(=O)c1c(C)[nH]c(C(=O)N2CCC(CC(=O)NCCN3CCCCC3)CC2)c1C. The van der Waals surface area contributed by atoms with Crippen LogP contribution in [0.15, 0.2) is 0 Å². The zero-order valence-electron chi connectivity index (χ0n) is 19.8. The summed E-state index contributed by atoms with van der Waals surface area (Å²) < 4.78 is 5.12. The molecule has 8 nitrogen and oxygen atoms in total. The van der Waals surface area contributed by atoms with Crippen LogP contribution < -0.4 is 5.32 Å². The molecular weight excluding hydrogens is 408 g/mol. The summed E-state index contributed by atoms with van der Waals surface area (Å²) in [5, 5.41) is 3.06. The fourth-order valence-electron chi connectivity index (χ4n) is 4.84. The minimum atomic E-state index is -0.400. The van der Waals surface area contributed by atoms with E-state index in [2.05, 4.69) is 15.2 Å². The second-order valence-corrected chi connectivity index (χ2v) is 9.04. The Morgan fingerprint density at radius 3 is 2.41 bits per heavy atom. The normalized spacial score (nSPS) is 17.9. The van der Waals surface area contributed by atoms with E-state index in [9.17, 15) is 14.4 Å². The van der Waals surface area contributed by atoms with Crippen molar-refractivity contribution < 1.29 is 19.1 Å². The van der Waals surface area contributed by atoms with Gasteiger partial charge in [0.05, 0.1) is 12.2 Å². The van der Waals surface area contributed by atoms with E-state index >= 15 is 0 Å². The molecule has 0 bridgehead atoms. The van der Waals surface area contributed by atoms with E-state index in [1.165, 1.54) is 19.3 Å². The van der Waals surface area contributed by atoms with Gasteiger partial charge in [-0.2, -0.15) is 0 Å². The van der Waals surface area contributed by atoms with Crippen LogP contribution in [0.5, 0.6) is 0 Å². The fourth-order valence-corrected chi connectivity index (χ4v) is 4.84. The fraction of sp³-hybridized carbons (Fsp3) is 0.708. The van der Waals surface area contributed by atoms with Crippen LogP contribution in [0.4, 0.5) is 0 Å². The van der Waals surface area contributed by atoms with Gasteiger partial charge in [0.15, 0.2) is 0 Å². The molecule has 2 fully saturated rings. The number of likely N-dealkylation sites (tertiary alicyclic amines) is 2. The van der Waals surface area contributed by atoms with Gasteiger partial charge in [0.2, 0.25) is 5.91 Å². The van der Waals surface area contributed by atoms with Crippen molar-refractivity contribution in [1.82, 2.24) is 20.1 Å². The van der Waals surface area contributed by atoms with E-state index < -0.39 is 5.97 Å². The van der Waals surface area contributed by atoms with E-state index in [4.69, 9.17) is 4.74 Å². The Morgan fingerprint density at radius 2 is 1.75 bits per heavy atom. The first kappa shape index (κ1) is 24.3. The maximum absolute atomic E-state index is 13.0. The first-order valence-corrected chi connectivity index (χ1v) is 12.0. The van der Waals surface area contributed by atoms with Gasteiger partial charge in [-0.25, -0.2) is 4.79 Å². The van der Waals surface area contributed by atoms with Crippen molar-refractivity contribution >= 4 is 17.8 Å². The summed E-state index contributed by atoms with van der Waals surface area (Å²) in [5.41, 5.74) is 2.20. The lowest BCUT2D eigenvalue weighted by atomic mass is 9.93. The molecule has 2 N–H and O–H groups in total. The number of rotatable bonds is 8. The van der Waals surface area contributed by atoms with Crippen molar-refractivity contribution in [3.8, 4) is 0 Å². The van der Waals surface area contributed by atoms with E-state index in [-0.39, 0.29) is 11.8 Å². The van der Waals surface area contributed by atoms with E-state index in [1.807, 2.05) is 4.90 Å². The topological polar surface area (TPSA) is 94.7 Å². The van der Waals surface area contributed by atoms with Crippen LogP contribution in [0, 0.1) is 19.8 Å². The molecule has 0 unspecified atom stereocenters. The quantitative estimate of drug-likeness (QED) is 0.599. The van der Waals surface area contributed by atoms with Gasteiger partial charge in [-0.3, -0.25) is 9.59 Å². The number of H-pyrrole nitrogens is 1. The number of aromatic nitrogens is 1. The number of piperidine rings is 2. The predicted molar refractivity (Wildman–Crippen MR) is 123 cm³/mol. The summed E-state index contributed by atoms with van der Waals surface area (Å²) in [4.78, 5) is 44.9. The van der Waals surface area contributed by atoms with E-state index in [0.29, 0.717) is 61.1 Å². The minimum absolute atomic E-state index is 0.0921. The number of amides is 2. The van der Waals surface area contributed by atoms with Crippen LogP contribution in [0.2, 0.25) is 0 Å². The second-order valence-electron chi connectivity index (χ2n) is 9.04. The van der Waals surface area contributed by atoms with Crippen LogP contribution in [0.25, 0.3) is 0 Å². The van der Waals surface area contributed by atoms with Gasteiger partial charge in [0.1, 0.15) is 5.69 Å². The zero-order valence-corrected chi connectivity index (χ0v) is 19.8. The lowest BCUT2D eigenvalue weighted by Gasteiger charge is -2.32. The number of nitrogens with zero attached hydrogens (tertiary/aromatic N) is 2. The van der Waals surface area contributed by atoms with Crippen LogP contribution in [0.1, 0.15) is 77.6 Å². The van der Waals surface area contributed by atoms with Crippen LogP contribution in [-0.4, -0.2) is 78.4 Å². The number of carbonyl (C=O) groups excluding carboxylic acids is 3. The summed E-state index contributed by atoms with van der Waals surface area (Å²) in [7, 11) is 0. The smallest absolute Gasteiger partial charge is 0.340 e. The second kappa shape index (κ2) is 11.5. The Kier molecular flexibility index (Phi) is 8.73. The molecule has 0 spiro atoms. The first-order valence-electron chi connectivity index (χ1n) is 12.0. The Hall–Kier alpha value is -2.35. The molecule has 2 saturated heterocycles. The van der Waals surface area contributed by atoms with Crippen LogP contribution >= 0.6 is 0 Å². The molecule has 2 aliphatic rings. The molecule has 1 aromatic rings. The number of nitrogens with one attached hydrogen (secondary N) is 2. The van der Waals surface area contributed by atoms with Crippen molar-refractivity contribution in [3.63, 3.8) is 0 Å². The van der Waals surface area contributed by atoms with Gasteiger partial charge in [-0.05, 0) is 71.0 Å². The Morgan fingerprint density at radius 1 is 1.06 bits per heavy atom. The Labute approximate surface area is 191 Å². The number of aromatic amines is 1. The van der Waals surface area contributed by atoms with Gasteiger partial charge in [-0.15, -0.1) is 0 Å². The first-order chi connectivity index (χ1) is 15.4. The third-order valence-corrected chi connectivity index (χ3v) is 6.71. The number of hydrogen-bond donors (Lipinski definition) is 2.